The van der Waals surface area contributed by atoms with Gasteiger partial charge in [-0.3, -0.25) is 4.79 Å². The van der Waals surface area contributed by atoms with Gasteiger partial charge in [-0.2, -0.15) is 0 Å². The Morgan fingerprint density at radius 3 is 2.19 bits per heavy atom. The molecule has 1 atom stereocenters. The molecule has 0 aromatic heterocycles. The molecule has 0 aliphatic rings. The van der Waals surface area contributed by atoms with E-state index in [9.17, 15) is 9.59 Å². The van der Waals surface area contributed by atoms with Crippen molar-refractivity contribution in [2.75, 3.05) is 20.8 Å². The summed E-state index contributed by atoms with van der Waals surface area (Å²) in [5, 5.41) is 0. The number of hydrogen-bond donors (Lipinski definition) is 0. The van der Waals surface area contributed by atoms with E-state index < -0.39 is 12.1 Å². The molecule has 0 saturated heterocycles. The fourth-order valence-corrected chi connectivity index (χ4v) is 2.37. The summed E-state index contributed by atoms with van der Waals surface area (Å²) in [6.07, 6.45) is -0.948. The van der Waals surface area contributed by atoms with Gasteiger partial charge in [-0.1, -0.05) is 0 Å². The van der Waals surface area contributed by atoms with E-state index in [1.54, 1.807) is 36.4 Å². The van der Waals surface area contributed by atoms with Crippen molar-refractivity contribution in [3.8, 4) is 17.2 Å². The Bertz CT molecular complexity index is 766. The van der Waals surface area contributed by atoms with Gasteiger partial charge in [-0.25, -0.2) is 4.79 Å². The van der Waals surface area contributed by atoms with Crippen LogP contribution in [0.15, 0.2) is 42.5 Å². The summed E-state index contributed by atoms with van der Waals surface area (Å²) in [4.78, 5) is 24.9. The quantitative estimate of drug-likeness (QED) is 0.531. The first-order valence-corrected chi connectivity index (χ1v) is 8.20. The third-order valence-corrected chi connectivity index (χ3v) is 3.73. The van der Waals surface area contributed by atoms with Crippen LogP contribution in [0.5, 0.6) is 17.2 Å². The summed E-state index contributed by atoms with van der Waals surface area (Å²) >= 11 is 0. The zero-order valence-corrected chi connectivity index (χ0v) is 15.3. The summed E-state index contributed by atoms with van der Waals surface area (Å²) in [5.41, 5.74) is 0.629. The highest BCUT2D eigenvalue weighted by molar-refractivity contribution is 6.02. The van der Waals surface area contributed by atoms with Crippen LogP contribution in [0.4, 0.5) is 0 Å². The third kappa shape index (κ3) is 4.53. The molecule has 0 heterocycles. The largest absolute Gasteiger partial charge is 0.497 e. The van der Waals surface area contributed by atoms with Crippen LogP contribution in [0.2, 0.25) is 0 Å². The van der Waals surface area contributed by atoms with E-state index in [4.69, 9.17) is 18.9 Å². The lowest BCUT2D eigenvalue weighted by Gasteiger charge is -2.15. The van der Waals surface area contributed by atoms with Gasteiger partial charge in [0.2, 0.25) is 5.78 Å². The van der Waals surface area contributed by atoms with Gasteiger partial charge in [0.25, 0.3) is 0 Å². The van der Waals surface area contributed by atoms with Crippen molar-refractivity contribution in [3.63, 3.8) is 0 Å². The summed E-state index contributed by atoms with van der Waals surface area (Å²) in [5.74, 6) is 0.547. The second-order valence-electron chi connectivity index (χ2n) is 5.44. The highest BCUT2D eigenvalue weighted by Crippen LogP contribution is 2.25. The molecule has 0 fully saturated rings. The average Bonchev–Trinajstić information content (AvgIpc) is 2.67. The number of benzene rings is 2. The Morgan fingerprint density at radius 1 is 0.962 bits per heavy atom. The Morgan fingerprint density at radius 2 is 1.62 bits per heavy atom. The molecule has 2 aromatic rings. The topological polar surface area (TPSA) is 71.1 Å². The van der Waals surface area contributed by atoms with Crippen molar-refractivity contribution in [3.05, 3.63) is 53.6 Å². The van der Waals surface area contributed by atoms with Gasteiger partial charge in [0, 0.05) is 5.56 Å². The van der Waals surface area contributed by atoms with Gasteiger partial charge >= 0.3 is 5.97 Å². The van der Waals surface area contributed by atoms with E-state index in [1.807, 2.05) is 6.92 Å². The first-order chi connectivity index (χ1) is 12.5. The maximum Gasteiger partial charge on any atom is 0.342 e. The number of Topliss-reactive ketones (excluding diaryl/α,β-unsaturated/α-hetero) is 1. The van der Waals surface area contributed by atoms with Crippen LogP contribution >= 0.6 is 0 Å². The molecule has 0 saturated carbocycles. The first-order valence-electron chi connectivity index (χ1n) is 8.20. The van der Waals surface area contributed by atoms with Crippen molar-refractivity contribution in [2.45, 2.75) is 20.0 Å². The van der Waals surface area contributed by atoms with Crippen LogP contribution in [0.25, 0.3) is 0 Å². The van der Waals surface area contributed by atoms with Crippen LogP contribution < -0.4 is 14.2 Å². The SMILES string of the molecule is CCOc1ccc(C(=O)[C@@H](C)OC(=O)c2cc(OC)ccc2OC)cc1. The van der Waals surface area contributed by atoms with Crippen molar-refractivity contribution < 1.29 is 28.5 Å². The van der Waals surface area contributed by atoms with Crippen molar-refractivity contribution >= 4 is 11.8 Å². The van der Waals surface area contributed by atoms with Gasteiger partial charge in [0.1, 0.15) is 22.8 Å². The summed E-state index contributed by atoms with van der Waals surface area (Å²) in [6.45, 7) is 3.96. The van der Waals surface area contributed by atoms with Crippen LogP contribution in [0, 0.1) is 0 Å². The molecule has 6 heteroatoms. The third-order valence-electron chi connectivity index (χ3n) is 3.73. The highest BCUT2D eigenvalue weighted by atomic mass is 16.5. The minimum Gasteiger partial charge on any atom is -0.497 e. The first kappa shape index (κ1) is 19.3. The smallest absolute Gasteiger partial charge is 0.342 e. The maximum absolute atomic E-state index is 12.5. The number of carbonyl (C=O) groups excluding carboxylic acids is 2. The van der Waals surface area contributed by atoms with Gasteiger partial charge in [-0.15, -0.1) is 0 Å². The standard InChI is InChI=1S/C20H22O6/c1-5-25-15-8-6-14(7-9-15)19(21)13(2)26-20(22)17-12-16(23-3)10-11-18(17)24-4/h6-13H,5H2,1-4H3/t13-/m1/s1. The van der Waals surface area contributed by atoms with Crippen molar-refractivity contribution in [1.29, 1.82) is 0 Å². The van der Waals surface area contributed by atoms with Crippen LogP contribution in [-0.4, -0.2) is 38.7 Å². The number of esters is 1. The van der Waals surface area contributed by atoms with Crippen LogP contribution in [0.1, 0.15) is 34.6 Å². The lowest BCUT2D eigenvalue weighted by Crippen LogP contribution is -2.24. The number of methoxy groups -OCH3 is 2. The zero-order valence-electron chi connectivity index (χ0n) is 15.3. The highest BCUT2D eigenvalue weighted by Gasteiger charge is 2.23. The lowest BCUT2D eigenvalue weighted by molar-refractivity contribution is 0.0315. The molecule has 0 unspecified atom stereocenters. The summed E-state index contributed by atoms with van der Waals surface area (Å²) in [7, 11) is 2.95. The van der Waals surface area contributed by atoms with Gasteiger partial charge in [0.15, 0.2) is 6.10 Å². The number of hydrogen-bond acceptors (Lipinski definition) is 6. The van der Waals surface area contributed by atoms with E-state index in [-0.39, 0.29) is 11.3 Å². The summed E-state index contributed by atoms with van der Waals surface area (Å²) < 4.78 is 21.0. The molecule has 2 aromatic carbocycles. The molecule has 0 aliphatic carbocycles. The van der Waals surface area contributed by atoms with E-state index in [1.165, 1.54) is 27.2 Å². The average molecular weight is 358 g/mol. The van der Waals surface area contributed by atoms with E-state index in [2.05, 4.69) is 0 Å². The normalized spacial score (nSPS) is 11.4. The monoisotopic (exact) mass is 358 g/mol. The molecule has 0 N–H and O–H groups in total. The Hall–Kier alpha value is -3.02. The van der Waals surface area contributed by atoms with Gasteiger partial charge in [0.05, 0.1) is 20.8 Å². The minimum atomic E-state index is -0.948. The second-order valence-corrected chi connectivity index (χ2v) is 5.44. The molecule has 26 heavy (non-hydrogen) atoms. The predicted molar refractivity (Wildman–Crippen MR) is 96.4 cm³/mol. The number of ketones is 1. The maximum atomic E-state index is 12.5. The molecule has 0 radical (unpaired) electrons. The number of carbonyl (C=O) groups is 2. The molecular formula is C20H22O6. The predicted octanol–water partition coefficient (Wildman–Crippen LogP) is 3.53. The number of rotatable bonds is 8. The van der Waals surface area contributed by atoms with E-state index in [0.717, 1.165) is 0 Å². The molecule has 6 nitrogen and oxygen atoms in total. The van der Waals surface area contributed by atoms with Crippen molar-refractivity contribution in [1.82, 2.24) is 0 Å². The fourth-order valence-electron chi connectivity index (χ4n) is 2.37. The zero-order chi connectivity index (χ0) is 19.1. The molecule has 2 rings (SSSR count). The molecule has 138 valence electrons. The molecule has 0 amide bonds. The van der Waals surface area contributed by atoms with Gasteiger partial charge < -0.3 is 18.9 Å². The Balaban J connectivity index is 2.12. The molecular weight excluding hydrogens is 336 g/mol. The van der Waals surface area contributed by atoms with Crippen LogP contribution in [0.3, 0.4) is 0 Å². The Labute approximate surface area is 152 Å². The molecule has 0 spiro atoms. The molecule has 0 aliphatic heterocycles. The summed E-state index contributed by atoms with van der Waals surface area (Å²) in [6, 6.07) is 11.5. The van der Waals surface area contributed by atoms with E-state index >= 15 is 0 Å². The van der Waals surface area contributed by atoms with E-state index in [0.29, 0.717) is 29.4 Å². The second kappa shape index (κ2) is 8.89. The Kier molecular flexibility index (Phi) is 6.60. The lowest BCUT2D eigenvalue weighted by atomic mass is 10.1. The van der Waals surface area contributed by atoms with Gasteiger partial charge in [-0.05, 0) is 56.3 Å². The van der Waals surface area contributed by atoms with Crippen LogP contribution in [-0.2, 0) is 4.74 Å². The molecule has 0 bridgehead atoms. The fraction of sp³-hybridized carbons (Fsp3) is 0.300. The minimum absolute atomic E-state index is 0.193. The number of ether oxygens (including phenoxy) is 4. The van der Waals surface area contributed by atoms with Crippen molar-refractivity contribution in [2.24, 2.45) is 0 Å².